The highest BCUT2D eigenvalue weighted by Gasteiger charge is 2.13. The molecule has 134 valence electrons. The van der Waals surface area contributed by atoms with Crippen molar-refractivity contribution >= 4 is 28.4 Å². The summed E-state index contributed by atoms with van der Waals surface area (Å²) < 4.78 is 0. The van der Waals surface area contributed by atoms with E-state index < -0.39 is 11.8 Å². The van der Waals surface area contributed by atoms with Gasteiger partial charge in [0.2, 0.25) is 0 Å². The zero-order valence-corrected chi connectivity index (χ0v) is 15.1. The Balaban J connectivity index is 1.53. The summed E-state index contributed by atoms with van der Waals surface area (Å²) >= 11 is 0. The smallest absolute Gasteiger partial charge is 0.313 e. The Morgan fingerprint density at radius 2 is 1.81 bits per heavy atom. The van der Waals surface area contributed by atoms with E-state index in [0.717, 1.165) is 17.5 Å². The quantitative estimate of drug-likeness (QED) is 0.618. The summed E-state index contributed by atoms with van der Waals surface area (Å²) in [6, 6.07) is 13.6. The number of carbonyl (C=O) groups excluding carboxylic acids is 2. The molecule has 0 fully saturated rings. The number of nitrogens with one attached hydrogen (secondary N) is 3. The zero-order valence-electron chi connectivity index (χ0n) is 15.1. The molecule has 5 heteroatoms. The molecular formula is C21H23N3O2. The highest BCUT2D eigenvalue weighted by molar-refractivity contribution is 6.39. The maximum absolute atomic E-state index is 12.0. The Kier molecular flexibility index (Phi) is 5.37. The molecule has 2 amide bonds. The summed E-state index contributed by atoms with van der Waals surface area (Å²) in [7, 11) is 0. The largest absolute Gasteiger partial charge is 0.361 e. The normalized spacial score (nSPS) is 10.7. The monoisotopic (exact) mass is 349 g/mol. The van der Waals surface area contributed by atoms with E-state index in [0.29, 0.717) is 18.7 Å². The van der Waals surface area contributed by atoms with Crippen molar-refractivity contribution in [3.05, 3.63) is 65.4 Å². The number of aryl methyl sites for hydroxylation is 2. The Morgan fingerprint density at radius 1 is 1.04 bits per heavy atom. The van der Waals surface area contributed by atoms with Crippen LogP contribution in [0.25, 0.3) is 10.9 Å². The molecule has 3 rings (SSSR count). The summed E-state index contributed by atoms with van der Waals surface area (Å²) in [6.07, 6.45) is 3.55. The van der Waals surface area contributed by atoms with Crippen molar-refractivity contribution in [2.75, 3.05) is 11.9 Å². The molecule has 0 bridgehead atoms. The van der Waals surface area contributed by atoms with Crippen LogP contribution in [0.3, 0.4) is 0 Å². The molecule has 0 unspecified atom stereocenters. The van der Waals surface area contributed by atoms with Gasteiger partial charge in [0.25, 0.3) is 0 Å². The van der Waals surface area contributed by atoms with E-state index in [-0.39, 0.29) is 0 Å². The zero-order chi connectivity index (χ0) is 18.5. The molecule has 1 aromatic heterocycles. The molecule has 1 heterocycles. The number of aromatic amines is 1. The fraction of sp³-hybridized carbons (Fsp3) is 0.238. The second kappa shape index (κ2) is 7.87. The van der Waals surface area contributed by atoms with Crippen molar-refractivity contribution in [2.24, 2.45) is 0 Å². The number of carbonyl (C=O) groups is 2. The van der Waals surface area contributed by atoms with Crippen LogP contribution in [-0.2, 0) is 22.4 Å². The summed E-state index contributed by atoms with van der Waals surface area (Å²) in [4.78, 5) is 27.2. The van der Waals surface area contributed by atoms with Gasteiger partial charge in [-0.25, -0.2) is 0 Å². The van der Waals surface area contributed by atoms with Crippen molar-refractivity contribution in [3.8, 4) is 0 Å². The van der Waals surface area contributed by atoms with Gasteiger partial charge in [-0.2, -0.15) is 0 Å². The number of hydrogen-bond donors (Lipinski definition) is 3. The van der Waals surface area contributed by atoms with Gasteiger partial charge in [0.05, 0.1) is 0 Å². The van der Waals surface area contributed by atoms with Crippen LogP contribution in [0.2, 0.25) is 0 Å². The SMILES string of the molecule is CCc1ccc(NC(=O)C(=O)NCCc2c[nH]c3cccc(C)c23)cc1. The molecule has 3 N–H and O–H groups in total. The van der Waals surface area contributed by atoms with Crippen LogP contribution in [0.5, 0.6) is 0 Å². The minimum absolute atomic E-state index is 0.405. The van der Waals surface area contributed by atoms with Crippen LogP contribution in [-0.4, -0.2) is 23.3 Å². The number of anilines is 1. The van der Waals surface area contributed by atoms with E-state index in [4.69, 9.17) is 0 Å². The summed E-state index contributed by atoms with van der Waals surface area (Å²) in [5, 5.41) is 6.48. The molecule has 0 saturated heterocycles. The van der Waals surface area contributed by atoms with E-state index >= 15 is 0 Å². The van der Waals surface area contributed by atoms with Gasteiger partial charge in [0, 0.05) is 29.3 Å². The van der Waals surface area contributed by atoms with Crippen LogP contribution >= 0.6 is 0 Å². The van der Waals surface area contributed by atoms with Gasteiger partial charge in [-0.05, 0) is 54.7 Å². The number of hydrogen-bond acceptors (Lipinski definition) is 2. The topological polar surface area (TPSA) is 74.0 Å². The van der Waals surface area contributed by atoms with Crippen molar-refractivity contribution < 1.29 is 9.59 Å². The highest BCUT2D eigenvalue weighted by Crippen LogP contribution is 2.22. The Labute approximate surface area is 152 Å². The van der Waals surface area contributed by atoms with Gasteiger partial charge >= 0.3 is 11.8 Å². The van der Waals surface area contributed by atoms with Gasteiger partial charge < -0.3 is 15.6 Å². The molecular weight excluding hydrogens is 326 g/mol. The third-order valence-electron chi connectivity index (χ3n) is 4.50. The summed E-state index contributed by atoms with van der Waals surface area (Å²) in [6.45, 7) is 4.54. The molecule has 3 aromatic rings. The number of aromatic nitrogens is 1. The minimum Gasteiger partial charge on any atom is -0.361 e. The van der Waals surface area contributed by atoms with Crippen LogP contribution in [0, 0.1) is 6.92 Å². The molecule has 0 aliphatic rings. The first-order valence-electron chi connectivity index (χ1n) is 8.82. The van der Waals surface area contributed by atoms with E-state index in [1.54, 1.807) is 12.1 Å². The van der Waals surface area contributed by atoms with Crippen molar-refractivity contribution in [2.45, 2.75) is 26.7 Å². The van der Waals surface area contributed by atoms with Crippen molar-refractivity contribution in [3.63, 3.8) is 0 Å². The Hall–Kier alpha value is -3.08. The minimum atomic E-state index is -0.649. The number of amides is 2. The fourth-order valence-corrected chi connectivity index (χ4v) is 3.05. The second-order valence-electron chi connectivity index (χ2n) is 6.32. The molecule has 0 aliphatic carbocycles. The molecule has 0 aliphatic heterocycles. The van der Waals surface area contributed by atoms with Gasteiger partial charge in [-0.3, -0.25) is 9.59 Å². The van der Waals surface area contributed by atoms with Gasteiger partial charge in [0.15, 0.2) is 0 Å². The predicted molar refractivity (Wildman–Crippen MR) is 104 cm³/mol. The molecule has 26 heavy (non-hydrogen) atoms. The Bertz CT molecular complexity index is 926. The lowest BCUT2D eigenvalue weighted by Crippen LogP contribution is -2.36. The summed E-state index contributed by atoms with van der Waals surface area (Å²) in [5.41, 5.74) is 5.21. The average molecular weight is 349 g/mol. The molecule has 2 aromatic carbocycles. The van der Waals surface area contributed by atoms with Crippen LogP contribution in [0.1, 0.15) is 23.6 Å². The number of rotatable bonds is 5. The maximum Gasteiger partial charge on any atom is 0.313 e. The van der Waals surface area contributed by atoms with Gasteiger partial charge in [0.1, 0.15) is 0 Å². The summed E-state index contributed by atoms with van der Waals surface area (Å²) in [5.74, 6) is -1.27. The highest BCUT2D eigenvalue weighted by atomic mass is 16.2. The predicted octanol–water partition coefficient (Wildman–Crippen LogP) is 3.34. The molecule has 0 saturated carbocycles. The Morgan fingerprint density at radius 3 is 2.54 bits per heavy atom. The lowest BCUT2D eigenvalue weighted by atomic mass is 10.1. The number of benzene rings is 2. The average Bonchev–Trinajstić information content (AvgIpc) is 3.07. The van der Waals surface area contributed by atoms with Crippen LogP contribution < -0.4 is 10.6 Å². The van der Waals surface area contributed by atoms with Crippen molar-refractivity contribution in [1.82, 2.24) is 10.3 Å². The standard InChI is InChI=1S/C21H23N3O2/c1-3-15-7-9-17(10-8-15)24-21(26)20(25)22-12-11-16-13-23-18-6-4-5-14(2)19(16)18/h4-10,13,23H,3,11-12H2,1-2H3,(H,22,25)(H,24,26). The van der Waals surface area contributed by atoms with Gasteiger partial charge in [-0.1, -0.05) is 31.2 Å². The number of fused-ring (bicyclic) bond motifs is 1. The fourth-order valence-electron chi connectivity index (χ4n) is 3.05. The molecule has 0 radical (unpaired) electrons. The first kappa shape index (κ1) is 17.7. The molecule has 5 nitrogen and oxygen atoms in total. The first-order valence-corrected chi connectivity index (χ1v) is 8.82. The first-order chi connectivity index (χ1) is 12.6. The molecule has 0 atom stereocenters. The third-order valence-corrected chi connectivity index (χ3v) is 4.50. The van der Waals surface area contributed by atoms with Gasteiger partial charge in [-0.15, -0.1) is 0 Å². The second-order valence-corrected chi connectivity index (χ2v) is 6.32. The number of H-pyrrole nitrogens is 1. The van der Waals surface area contributed by atoms with Crippen molar-refractivity contribution in [1.29, 1.82) is 0 Å². The van der Waals surface area contributed by atoms with E-state index in [2.05, 4.69) is 35.5 Å². The maximum atomic E-state index is 12.0. The van der Waals surface area contributed by atoms with Crippen LogP contribution in [0.4, 0.5) is 5.69 Å². The third kappa shape index (κ3) is 3.94. The van der Waals surface area contributed by atoms with Crippen LogP contribution in [0.15, 0.2) is 48.7 Å². The van der Waals surface area contributed by atoms with E-state index in [1.807, 2.05) is 30.5 Å². The molecule has 0 spiro atoms. The van der Waals surface area contributed by atoms with E-state index in [9.17, 15) is 9.59 Å². The lowest BCUT2D eigenvalue weighted by Gasteiger charge is -2.07. The van der Waals surface area contributed by atoms with E-state index in [1.165, 1.54) is 16.5 Å². The lowest BCUT2D eigenvalue weighted by molar-refractivity contribution is -0.136.